The Hall–Kier alpha value is -0.695. The van der Waals surface area contributed by atoms with E-state index in [4.69, 9.17) is 4.65 Å². The van der Waals surface area contributed by atoms with Gasteiger partial charge in [0.1, 0.15) is 0 Å². The van der Waals surface area contributed by atoms with E-state index in [0.717, 1.165) is 0 Å². The van der Waals surface area contributed by atoms with Crippen molar-refractivity contribution in [2.75, 3.05) is 7.11 Å². The molecule has 2 nitrogen and oxygen atoms in total. The first-order valence-corrected chi connectivity index (χ1v) is 2.97. The summed E-state index contributed by atoms with van der Waals surface area (Å²) < 4.78 is 5.00. The maximum atomic E-state index is 5.00. The summed E-state index contributed by atoms with van der Waals surface area (Å²) in [5.41, 5.74) is 1.23. The lowest BCUT2D eigenvalue weighted by molar-refractivity contribution is 0.422. The summed E-state index contributed by atoms with van der Waals surface area (Å²) in [7, 11) is 1.74. The van der Waals surface area contributed by atoms with Crippen molar-refractivity contribution in [1.82, 2.24) is 5.23 Å². The lowest BCUT2D eigenvalue weighted by Crippen LogP contribution is -2.31. The maximum absolute atomic E-state index is 5.00. The number of nitrogens with one attached hydrogen (secondary N) is 1. The van der Waals surface area contributed by atoms with E-state index in [-0.39, 0.29) is 7.05 Å². The average Bonchev–Trinajstić information content (AvgIpc) is 1.90. The molecule has 1 aliphatic rings. The summed E-state index contributed by atoms with van der Waals surface area (Å²) >= 11 is 0. The normalized spacial score (nSPS) is 17.1. The van der Waals surface area contributed by atoms with Crippen molar-refractivity contribution in [1.29, 1.82) is 0 Å². The molecule has 1 N–H and O–H groups in total. The number of rotatable bonds is 1. The van der Waals surface area contributed by atoms with Gasteiger partial charge >= 0.3 is 7.05 Å². The smallest absolute Gasteiger partial charge is 0.416 e. The Bertz CT molecular complexity index is 153. The van der Waals surface area contributed by atoms with Crippen LogP contribution in [0.3, 0.4) is 0 Å². The Morgan fingerprint density at radius 2 is 2.44 bits per heavy atom. The van der Waals surface area contributed by atoms with Crippen molar-refractivity contribution in [3.63, 3.8) is 0 Å². The molecule has 1 aliphatic heterocycles. The highest BCUT2D eigenvalue weighted by Gasteiger charge is 2.09. The molecule has 3 heteroatoms. The second-order valence-corrected chi connectivity index (χ2v) is 2.07. The fourth-order valence-corrected chi connectivity index (χ4v) is 0.703. The molecule has 1 rings (SSSR count). The zero-order valence-corrected chi connectivity index (χ0v) is 5.72. The van der Waals surface area contributed by atoms with Crippen molar-refractivity contribution in [3.05, 3.63) is 23.8 Å². The first-order chi connectivity index (χ1) is 4.33. The topological polar surface area (TPSA) is 21.3 Å². The molecule has 0 spiro atoms. The highest BCUT2D eigenvalue weighted by molar-refractivity contribution is 6.55. The van der Waals surface area contributed by atoms with Crippen LogP contribution in [0.2, 0.25) is 0 Å². The van der Waals surface area contributed by atoms with Crippen LogP contribution in [0.1, 0.15) is 6.92 Å². The number of hydrogen-bond acceptors (Lipinski definition) is 2. The van der Waals surface area contributed by atoms with Crippen molar-refractivity contribution in [3.8, 4) is 0 Å². The third-order valence-corrected chi connectivity index (χ3v) is 1.26. The van der Waals surface area contributed by atoms with Gasteiger partial charge in [-0.3, -0.25) is 0 Å². The second-order valence-electron chi connectivity index (χ2n) is 2.07. The quantitative estimate of drug-likeness (QED) is 0.518. The fourth-order valence-electron chi connectivity index (χ4n) is 0.703. The zero-order chi connectivity index (χ0) is 6.69. The van der Waals surface area contributed by atoms with Gasteiger partial charge in [-0.2, -0.15) is 0 Å². The van der Waals surface area contributed by atoms with Crippen LogP contribution in [-0.2, 0) is 4.65 Å². The Labute approximate surface area is 55.7 Å². The Kier molecular flexibility index (Phi) is 1.95. The van der Waals surface area contributed by atoms with E-state index in [0.29, 0.717) is 0 Å². The summed E-state index contributed by atoms with van der Waals surface area (Å²) in [6, 6.07) is 0. The number of hydrogen-bond donors (Lipinski definition) is 1. The minimum absolute atomic E-state index is 0.0636. The van der Waals surface area contributed by atoms with Crippen molar-refractivity contribution < 1.29 is 4.65 Å². The first kappa shape index (κ1) is 6.43. The molecule has 0 aromatic rings. The minimum Gasteiger partial charge on any atom is -0.416 e. The molecule has 0 atom stereocenters. The highest BCUT2D eigenvalue weighted by Crippen LogP contribution is 1.99. The maximum Gasteiger partial charge on any atom is 0.441 e. The van der Waals surface area contributed by atoms with E-state index >= 15 is 0 Å². The Morgan fingerprint density at radius 1 is 1.67 bits per heavy atom. The molecule has 0 saturated heterocycles. The van der Waals surface area contributed by atoms with Crippen LogP contribution >= 0.6 is 0 Å². The third kappa shape index (κ3) is 1.61. The van der Waals surface area contributed by atoms with Crippen LogP contribution in [-0.4, -0.2) is 14.2 Å². The van der Waals surface area contributed by atoms with Crippen LogP contribution in [0.4, 0.5) is 0 Å². The molecule has 0 bridgehead atoms. The Morgan fingerprint density at radius 3 is 2.89 bits per heavy atom. The second kappa shape index (κ2) is 2.73. The van der Waals surface area contributed by atoms with Gasteiger partial charge in [-0.15, -0.1) is 0 Å². The predicted molar refractivity (Wildman–Crippen MR) is 38.8 cm³/mol. The molecule has 0 aromatic carbocycles. The predicted octanol–water partition coefficient (Wildman–Crippen LogP) is 0.723. The molecule has 0 fully saturated rings. The van der Waals surface area contributed by atoms with Crippen LogP contribution < -0.4 is 5.23 Å². The van der Waals surface area contributed by atoms with Crippen LogP contribution in [0, 0.1) is 0 Å². The van der Waals surface area contributed by atoms with Gasteiger partial charge in [-0.1, -0.05) is 12.1 Å². The van der Waals surface area contributed by atoms with Crippen LogP contribution in [0.5, 0.6) is 0 Å². The molecule has 9 heavy (non-hydrogen) atoms. The van der Waals surface area contributed by atoms with Gasteiger partial charge in [0.15, 0.2) is 0 Å². The molecule has 0 unspecified atom stereocenters. The van der Waals surface area contributed by atoms with Crippen LogP contribution in [0.25, 0.3) is 0 Å². The Balaban J connectivity index is 2.48. The summed E-state index contributed by atoms with van der Waals surface area (Å²) in [5, 5.41) is 3.05. The van der Waals surface area contributed by atoms with Crippen molar-refractivity contribution >= 4 is 7.05 Å². The minimum atomic E-state index is 0.0636. The van der Waals surface area contributed by atoms with Crippen molar-refractivity contribution in [2.24, 2.45) is 0 Å². The molecule has 0 saturated carbocycles. The van der Waals surface area contributed by atoms with E-state index in [2.05, 4.69) is 5.23 Å². The third-order valence-electron chi connectivity index (χ3n) is 1.26. The molecule has 0 radical (unpaired) electrons. The summed E-state index contributed by atoms with van der Waals surface area (Å²) in [6.45, 7) is 2.04. The lowest BCUT2D eigenvalue weighted by Gasteiger charge is -2.10. The monoisotopic (exact) mass is 123 g/mol. The van der Waals surface area contributed by atoms with Gasteiger partial charge in [0.25, 0.3) is 0 Å². The highest BCUT2D eigenvalue weighted by atomic mass is 16.4. The molecule has 0 amide bonds. The van der Waals surface area contributed by atoms with E-state index in [1.807, 2.05) is 25.2 Å². The molecule has 0 aromatic heterocycles. The van der Waals surface area contributed by atoms with E-state index in [1.165, 1.54) is 5.57 Å². The van der Waals surface area contributed by atoms with E-state index in [9.17, 15) is 0 Å². The van der Waals surface area contributed by atoms with Gasteiger partial charge in [0.2, 0.25) is 0 Å². The van der Waals surface area contributed by atoms with Gasteiger partial charge in [-0.05, 0) is 18.7 Å². The molecule has 48 valence electrons. The average molecular weight is 123 g/mol. The zero-order valence-electron chi connectivity index (χ0n) is 5.72. The summed E-state index contributed by atoms with van der Waals surface area (Å²) in [6.07, 6.45) is 3.97. The molecular formula is C6H10BNO. The van der Waals surface area contributed by atoms with Gasteiger partial charge < -0.3 is 9.88 Å². The first-order valence-electron chi connectivity index (χ1n) is 2.97. The molecule has 1 heterocycles. The summed E-state index contributed by atoms with van der Waals surface area (Å²) in [5.74, 6) is 1.98. The van der Waals surface area contributed by atoms with E-state index < -0.39 is 0 Å². The van der Waals surface area contributed by atoms with Gasteiger partial charge in [0.05, 0.1) is 0 Å². The van der Waals surface area contributed by atoms with Crippen molar-refractivity contribution in [2.45, 2.75) is 6.92 Å². The SMILES string of the molecule is COB1C=CC(C)=CN1. The van der Waals surface area contributed by atoms with Gasteiger partial charge in [-0.25, -0.2) is 0 Å². The van der Waals surface area contributed by atoms with Gasteiger partial charge in [0, 0.05) is 7.11 Å². The number of allylic oxidation sites excluding steroid dienone is 2. The largest absolute Gasteiger partial charge is 0.441 e. The molecular weight excluding hydrogens is 113 g/mol. The summed E-state index contributed by atoms with van der Waals surface area (Å²) in [4.78, 5) is 0. The standard InChI is InChI=1S/C6H10BNO/c1-6-3-4-7(9-2)8-5-6/h3-5,8H,1-2H3. The fraction of sp³-hybridized carbons (Fsp3) is 0.333. The lowest BCUT2D eigenvalue weighted by atomic mass is 9.81. The molecule has 0 aliphatic carbocycles. The van der Waals surface area contributed by atoms with E-state index in [1.54, 1.807) is 7.11 Å². The van der Waals surface area contributed by atoms with Crippen LogP contribution in [0.15, 0.2) is 23.8 Å².